The molecular formula is C18H26ClIN4O3. The summed E-state index contributed by atoms with van der Waals surface area (Å²) < 4.78 is 4.62. The lowest BCUT2D eigenvalue weighted by molar-refractivity contribution is -0.140. The molecular weight excluding hydrogens is 483 g/mol. The molecule has 0 radical (unpaired) electrons. The molecule has 0 saturated carbocycles. The van der Waals surface area contributed by atoms with E-state index in [4.69, 9.17) is 11.6 Å². The van der Waals surface area contributed by atoms with E-state index in [0.717, 1.165) is 5.56 Å². The first-order valence-corrected chi connectivity index (χ1v) is 9.03. The van der Waals surface area contributed by atoms with Crippen molar-refractivity contribution in [1.29, 1.82) is 0 Å². The van der Waals surface area contributed by atoms with E-state index >= 15 is 0 Å². The zero-order valence-corrected chi connectivity index (χ0v) is 18.7. The summed E-state index contributed by atoms with van der Waals surface area (Å²) in [6, 6.07) is 7.52. The molecule has 0 spiro atoms. The second kappa shape index (κ2) is 12.0. The van der Waals surface area contributed by atoms with E-state index in [0.29, 0.717) is 43.7 Å². The minimum absolute atomic E-state index is 0. The highest BCUT2D eigenvalue weighted by molar-refractivity contribution is 14.0. The molecule has 0 unspecified atom stereocenters. The predicted octanol–water partition coefficient (Wildman–Crippen LogP) is 2.13. The van der Waals surface area contributed by atoms with Crippen LogP contribution in [0, 0.1) is 0 Å². The fourth-order valence-electron chi connectivity index (χ4n) is 2.65. The number of aliphatic imine (C=N–C) groups is 1. The molecule has 0 aromatic heterocycles. The Hall–Kier alpha value is -1.55. The van der Waals surface area contributed by atoms with Gasteiger partial charge in [0.2, 0.25) is 5.91 Å². The molecule has 1 aliphatic heterocycles. The fourth-order valence-corrected chi connectivity index (χ4v) is 2.77. The molecule has 1 aromatic carbocycles. The Kier molecular flexibility index (Phi) is 10.5. The Balaban J connectivity index is 0.00000364. The van der Waals surface area contributed by atoms with E-state index in [1.165, 1.54) is 7.11 Å². The van der Waals surface area contributed by atoms with Crippen LogP contribution < -0.4 is 5.32 Å². The number of methoxy groups -OCH3 is 1. The number of amides is 1. The van der Waals surface area contributed by atoms with E-state index in [1.54, 1.807) is 0 Å². The van der Waals surface area contributed by atoms with Crippen LogP contribution in [0.4, 0.5) is 0 Å². The van der Waals surface area contributed by atoms with Crippen LogP contribution in [0.5, 0.6) is 0 Å². The predicted molar refractivity (Wildman–Crippen MR) is 116 cm³/mol. The van der Waals surface area contributed by atoms with Gasteiger partial charge < -0.3 is 19.9 Å². The highest BCUT2D eigenvalue weighted by Gasteiger charge is 2.26. The van der Waals surface area contributed by atoms with Crippen molar-refractivity contribution >= 4 is 53.4 Å². The number of nitrogens with one attached hydrogen (secondary N) is 1. The number of piperazine rings is 1. The number of carbonyl (C=O) groups is 2. The first-order valence-electron chi connectivity index (χ1n) is 8.65. The number of guanidine groups is 1. The highest BCUT2D eigenvalue weighted by atomic mass is 127. The van der Waals surface area contributed by atoms with Crippen molar-refractivity contribution in [3.63, 3.8) is 0 Å². The number of benzene rings is 1. The summed E-state index contributed by atoms with van der Waals surface area (Å²) >= 11 is 5.90. The molecule has 1 heterocycles. The van der Waals surface area contributed by atoms with E-state index in [1.807, 2.05) is 41.0 Å². The SMILES string of the molecule is CCNC(=NCCC(=O)OC)N1CCN(Cc2ccc(Cl)cc2)C(=O)C1.I. The molecule has 7 nitrogen and oxygen atoms in total. The van der Waals surface area contributed by atoms with Crippen LogP contribution in [0.2, 0.25) is 5.02 Å². The summed E-state index contributed by atoms with van der Waals surface area (Å²) in [5.41, 5.74) is 1.05. The molecule has 1 fully saturated rings. The summed E-state index contributed by atoms with van der Waals surface area (Å²) in [5.74, 6) is 0.397. The van der Waals surface area contributed by atoms with Crippen LogP contribution >= 0.6 is 35.6 Å². The molecule has 1 saturated heterocycles. The maximum atomic E-state index is 12.5. The van der Waals surface area contributed by atoms with Crippen molar-refractivity contribution in [2.45, 2.75) is 19.9 Å². The number of hydrogen-bond donors (Lipinski definition) is 1. The average molecular weight is 509 g/mol. The third-order valence-corrected chi connectivity index (χ3v) is 4.30. The lowest BCUT2D eigenvalue weighted by Crippen LogP contribution is -2.55. The lowest BCUT2D eigenvalue weighted by atomic mass is 10.2. The summed E-state index contributed by atoms with van der Waals surface area (Å²) in [4.78, 5) is 31.9. The first-order chi connectivity index (χ1) is 12.5. The van der Waals surface area contributed by atoms with Crippen LogP contribution in [0.25, 0.3) is 0 Å². The van der Waals surface area contributed by atoms with Gasteiger partial charge in [0, 0.05) is 31.2 Å². The van der Waals surface area contributed by atoms with Crippen LogP contribution in [-0.2, 0) is 20.9 Å². The van der Waals surface area contributed by atoms with Crippen LogP contribution in [0.15, 0.2) is 29.3 Å². The van der Waals surface area contributed by atoms with Gasteiger partial charge in [-0.2, -0.15) is 0 Å². The van der Waals surface area contributed by atoms with Gasteiger partial charge in [-0.1, -0.05) is 23.7 Å². The van der Waals surface area contributed by atoms with Crippen molar-refractivity contribution in [2.24, 2.45) is 4.99 Å². The number of nitrogens with zero attached hydrogens (tertiary/aromatic N) is 3. The number of carbonyl (C=O) groups excluding carboxylic acids is 2. The molecule has 150 valence electrons. The van der Waals surface area contributed by atoms with Crippen molar-refractivity contribution in [2.75, 3.05) is 39.8 Å². The molecule has 1 amide bonds. The standard InChI is InChI=1S/C18H25ClN4O3.HI/c1-3-20-18(21-9-8-17(25)26-2)23-11-10-22(16(24)13-23)12-14-4-6-15(19)7-5-14;/h4-7H,3,8-13H2,1-2H3,(H,20,21);1H. The van der Waals surface area contributed by atoms with Gasteiger partial charge in [0.05, 0.1) is 26.6 Å². The molecule has 0 atom stereocenters. The molecule has 1 N–H and O–H groups in total. The highest BCUT2D eigenvalue weighted by Crippen LogP contribution is 2.13. The second-order valence-corrected chi connectivity index (χ2v) is 6.36. The van der Waals surface area contributed by atoms with E-state index in [9.17, 15) is 9.59 Å². The van der Waals surface area contributed by atoms with Gasteiger partial charge in [0.15, 0.2) is 5.96 Å². The van der Waals surface area contributed by atoms with Crippen molar-refractivity contribution in [3.8, 4) is 0 Å². The summed E-state index contributed by atoms with van der Waals surface area (Å²) in [6.07, 6.45) is 0.218. The molecule has 0 aliphatic carbocycles. The maximum absolute atomic E-state index is 12.5. The number of rotatable bonds is 6. The lowest BCUT2D eigenvalue weighted by Gasteiger charge is -2.36. The normalized spacial score (nSPS) is 14.6. The van der Waals surface area contributed by atoms with Gasteiger partial charge in [0.1, 0.15) is 0 Å². The molecule has 1 aromatic rings. The van der Waals surface area contributed by atoms with Gasteiger partial charge in [-0.3, -0.25) is 14.6 Å². The quantitative estimate of drug-likeness (QED) is 0.276. The van der Waals surface area contributed by atoms with Crippen LogP contribution in [0.1, 0.15) is 18.9 Å². The van der Waals surface area contributed by atoms with Gasteiger partial charge in [0.25, 0.3) is 0 Å². The van der Waals surface area contributed by atoms with Gasteiger partial charge in [-0.05, 0) is 24.6 Å². The smallest absolute Gasteiger partial charge is 0.307 e. The minimum atomic E-state index is -0.298. The minimum Gasteiger partial charge on any atom is -0.469 e. The second-order valence-electron chi connectivity index (χ2n) is 5.93. The summed E-state index contributed by atoms with van der Waals surface area (Å²) in [5, 5.41) is 3.86. The topological polar surface area (TPSA) is 74.2 Å². The Labute approximate surface area is 182 Å². The van der Waals surface area contributed by atoms with Gasteiger partial charge in [-0.25, -0.2) is 0 Å². The van der Waals surface area contributed by atoms with E-state index in [2.05, 4.69) is 15.0 Å². The zero-order valence-electron chi connectivity index (χ0n) is 15.6. The molecule has 27 heavy (non-hydrogen) atoms. The zero-order chi connectivity index (χ0) is 18.9. The first kappa shape index (κ1) is 23.5. The van der Waals surface area contributed by atoms with Crippen LogP contribution in [0.3, 0.4) is 0 Å². The molecule has 9 heteroatoms. The van der Waals surface area contributed by atoms with Crippen molar-refractivity contribution in [3.05, 3.63) is 34.9 Å². The molecule has 0 bridgehead atoms. The van der Waals surface area contributed by atoms with E-state index < -0.39 is 0 Å². The molecule has 1 aliphatic rings. The summed E-state index contributed by atoms with van der Waals surface area (Å²) in [6.45, 7) is 5.11. The number of ether oxygens (including phenoxy) is 1. The average Bonchev–Trinajstić information content (AvgIpc) is 2.64. The fraction of sp³-hybridized carbons (Fsp3) is 0.500. The number of hydrogen-bond acceptors (Lipinski definition) is 4. The maximum Gasteiger partial charge on any atom is 0.307 e. The largest absolute Gasteiger partial charge is 0.469 e. The number of esters is 1. The van der Waals surface area contributed by atoms with Gasteiger partial charge in [-0.15, -0.1) is 24.0 Å². The van der Waals surface area contributed by atoms with E-state index in [-0.39, 0.29) is 48.8 Å². The van der Waals surface area contributed by atoms with Crippen LogP contribution in [-0.4, -0.2) is 67.5 Å². The van der Waals surface area contributed by atoms with Crippen molar-refractivity contribution in [1.82, 2.24) is 15.1 Å². The third kappa shape index (κ3) is 7.53. The third-order valence-electron chi connectivity index (χ3n) is 4.04. The Morgan fingerprint density at radius 2 is 2.00 bits per heavy atom. The monoisotopic (exact) mass is 508 g/mol. The molecule has 2 rings (SSSR count). The Morgan fingerprint density at radius 1 is 1.30 bits per heavy atom. The summed E-state index contributed by atoms with van der Waals surface area (Å²) in [7, 11) is 1.36. The Bertz CT molecular complexity index is 655. The number of halogens is 2. The van der Waals surface area contributed by atoms with Crippen molar-refractivity contribution < 1.29 is 14.3 Å². The Morgan fingerprint density at radius 3 is 2.59 bits per heavy atom. The van der Waals surface area contributed by atoms with Gasteiger partial charge >= 0.3 is 5.97 Å².